The van der Waals surface area contributed by atoms with E-state index in [1.165, 1.54) is 0 Å². The Morgan fingerprint density at radius 1 is 1.48 bits per heavy atom. The van der Waals surface area contributed by atoms with Crippen molar-refractivity contribution in [1.82, 2.24) is 4.90 Å². The average Bonchev–Trinajstić information content (AvgIpc) is 2.74. The Bertz CT molecular complexity index is 654. The summed E-state index contributed by atoms with van der Waals surface area (Å²) < 4.78 is -0.300. The summed E-state index contributed by atoms with van der Waals surface area (Å²) in [6.45, 7) is 10.1. The van der Waals surface area contributed by atoms with E-state index in [9.17, 15) is 10.1 Å². The van der Waals surface area contributed by atoms with Gasteiger partial charge in [0.15, 0.2) is 0 Å². The van der Waals surface area contributed by atoms with Crippen LogP contribution >= 0.6 is 23.4 Å². The smallest absolute Gasteiger partial charge is 0.308 e. The molecule has 1 aliphatic heterocycles. The van der Waals surface area contributed by atoms with Crippen LogP contribution in [0.2, 0.25) is 5.02 Å². The van der Waals surface area contributed by atoms with E-state index >= 15 is 0 Å². The average molecular weight is 352 g/mol. The summed E-state index contributed by atoms with van der Waals surface area (Å²) in [6.07, 6.45) is 0. The standard InChI is InChI=1S/C17H22ClN3OS/c1-10(2)15-21(14(9-19)17(4,5)23-15)16(22)20-12-7-6-11(3)13(18)8-12/h6-8,10,14-15H,1-5H3,(H,20,22). The van der Waals surface area contributed by atoms with E-state index < -0.39 is 6.04 Å². The molecule has 2 unspecified atom stereocenters. The van der Waals surface area contributed by atoms with Gasteiger partial charge in [0.2, 0.25) is 0 Å². The SMILES string of the molecule is Cc1ccc(NC(=O)N2C(C(C)C)SC(C)(C)C2C#N)cc1Cl. The number of nitrogens with one attached hydrogen (secondary N) is 1. The third-order valence-electron chi connectivity index (χ3n) is 3.99. The summed E-state index contributed by atoms with van der Waals surface area (Å²) in [5, 5.41) is 13.0. The molecule has 23 heavy (non-hydrogen) atoms. The fourth-order valence-corrected chi connectivity index (χ4v) is 4.38. The van der Waals surface area contributed by atoms with Crippen molar-refractivity contribution < 1.29 is 4.79 Å². The number of thioether (sulfide) groups is 1. The summed E-state index contributed by atoms with van der Waals surface area (Å²) in [7, 11) is 0. The maximum absolute atomic E-state index is 12.8. The van der Waals surface area contributed by atoms with Crippen molar-refractivity contribution >= 4 is 35.1 Å². The quantitative estimate of drug-likeness (QED) is 0.825. The maximum atomic E-state index is 12.8. The highest BCUT2D eigenvalue weighted by Gasteiger charge is 2.50. The fourth-order valence-electron chi connectivity index (χ4n) is 2.68. The van der Waals surface area contributed by atoms with Crippen molar-refractivity contribution in [3.05, 3.63) is 28.8 Å². The van der Waals surface area contributed by atoms with Crippen molar-refractivity contribution in [1.29, 1.82) is 5.26 Å². The number of aryl methyl sites for hydroxylation is 1. The highest BCUT2D eigenvalue weighted by atomic mass is 35.5. The molecule has 2 atom stereocenters. The van der Waals surface area contributed by atoms with Crippen LogP contribution in [0.5, 0.6) is 0 Å². The molecule has 1 fully saturated rings. The normalized spacial score (nSPS) is 23.0. The molecule has 1 N–H and O–H groups in total. The second-order valence-corrected chi connectivity index (χ2v) is 8.87. The van der Waals surface area contributed by atoms with Gasteiger partial charge in [0.05, 0.1) is 11.4 Å². The third kappa shape index (κ3) is 3.59. The van der Waals surface area contributed by atoms with Gasteiger partial charge in [-0.05, 0) is 44.4 Å². The molecule has 0 aliphatic carbocycles. The minimum atomic E-state index is -0.471. The first-order valence-corrected chi connectivity index (χ1v) is 8.86. The zero-order chi connectivity index (χ0) is 17.4. The van der Waals surface area contributed by atoms with Gasteiger partial charge < -0.3 is 5.32 Å². The Hall–Kier alpha value is -1.38. The van der Waals surface area contributed by atoms with Gasteiger partial charge in [0, 0.05) is 15.5 Å². The lowest BCUT2D eigenvalue weighted by Gasteiger charge is -2.29. The number of hydrogen-bond acceptors (Lipinski definition) is 3. The van der Waals surface area contributed by atoms with Crippen molar-refractivity contribution in [2.45, 2.75) is 50.8 Å². The Labute approximate surface area is 147 Å². The van der Waals surface area contributed by atoms with E-state index in [1.54, 1.807) is 22.7 Å². The Morgan fingerprint density at radius 3 is 2.65 bits per heavy atom. The lowest BCUT2D eigenvalue weighted by molar-refractivity contribution is 0.184. The van der Waals surface area contributed by atoms with Crippen LogP contribution < -0.4 is 5.32 Å². The van der Waals surface area contributed by atoms with E-state index in [0.29, 0.717) is 10.7 Å². The van der Waals surface area contributed by atoms with Gasteiger partial charge in [0.25, 0.3) is 0 Å². The lowest BCUT2D eigenvalue weighted by Crippen LogP contribution is -2.48. The number of nitriles is 1. The van der Waals surface area contributed by atoms with Crippen LogP contribution in [0.15, 0.2) is 18.2 Å². The number of halogens is 1. The van der Waals surface area contributed by atoms with Crippen molar-refractivity contribution in [3.63, 3.8) is 0 Å². The second kappa shape index (κ2) is 6.62. The molecule has 0 aromatic heterocycles. The molecule has 1 aliphatic rings. The molecule has 0 bridgehead atoms. The van der Waals surface area contributed by atoms with Crippen LogP contribution in [0, 0.1) is 24.2 Å². The zero-order valence-electron chi connectivity index (χ0n) is 14.1. The second-order valence-electron chi connectivity index (χ2n) is 6.69. The molecule has 6 heteroatoms. The molecule has 1 aromatic rings. The number of carbonyl (C=O) groups is 1. The van der Waals surface area contributed by atoms with E-state index in [-0.39, 0.29) is 22.1 Å². The zero-order valence-corrected chi connectivity index (χ0v) is 15.6. The maximum Gasteiger partial charge on any atom is 0.323 e. The summed E-state index contributed by atoms with van der Waals surface area (Å²) >= 11 is 7.79. The van der Waals surface area contributed by atoms with Crippen molar-refractivity contribution in [2.75, 3.05) is 5.32 Å². The molecule has 0 spiro atoms. The van der Waals surface area contributed by atoms with Crippen LogP contribution in [0.25, 0.3) is 0 Å². The van der Waals surface area contributed by atoms with E-state index in [4.69, 9.17) is 11.6 Å². The number of anilines is 1. The topological polar surface area (TPSA) is 56.1 Å². The summed E-state index contributed by atoms with van der Waals surface area (Å²) in [4.78, 5) is 14.5. The number of urea groups is 1. The molecule has 1 aromatic carbocycles. The summed E-state index contributed by atoms with van der Waals surface area (Å²) in [5.41, 5.74) is 1.59. The molecule has 1 heterocycles. The van der Waals surface area contributed by atoms with E-state index in [2.05, 4.69) is 25.2 Å². The first kappa shape index (κ1) is 18.0. The third-order valence-corrected chi connectivity index (χ3v) is 6.24. The Morgan fingerprint density at radius 2 is 2.13 bits per heavy atom. The first-order chi connectivity index (χ1) is 10.7. The number of hydrogen-bond donors (Lipinski definition) is 1. The van der Waals surface area contributed by atoms with Gasteiger partial charge in [-0.1, -0.05) is 31.5 Å². The number of carbonyl (C=O) groups excluding carboxylic acids is 1. The van der Waals surface area contributed by atoms with Crippen molar-refractivity contribution in [3.8, 4) is 6.07 Å². The van der Waals surface area contributed by atoms with Gasteiger partial charge >= 0.3 is 6.03 Å². The largest absolute Gasteiger partial charge is 0.323 e. The van der Waals surface area contributed by atoms with Gasteiger partial charge in [-0.25, -0.2) is 4.79 Å². The highest BCUT2D eigenvalue weighted by molar-refractivity contribution is 8.01. The Balaban J connectivity index is 2.27. The summed E-state index contributed by atoms with van der Waals surface area (Å²) in [6, 6.07) is 6.98. The molecule has 4 nitrogen and oxygen atoms in total. The van der Waals surface area contributed by atoms with Gasteiger partial charge in [-0.3, -0.25) is 4.90 Å². The van der Waals surface area contributed by atoms with Gasteiger partial charge in [0.1, 0.15) is 6.04 Å². The molecule has 0 saturated carbocycles. The lowest BCUT2D eigenvalue weighted by atomic mass is 10.0. The number of rotatable bonds is 2. The van der Waals surface area contributed by atoms with Crippen LogP contribution in [0.4, 0.5) is 10.5 Å². The van der Waals surface area contributed by atoms with Crippen LogP contribution in [0.1, 0.15) is 33.3 Å². The van der Waals surface area contributed by atoms with Crippen molar-refractivity contribution in [2.24, 2.45) is 5.92 Å². The van der Waals surface area contributed by atoms with Gasteiger partial charge in [-0.2, -0.15) is 5.26 Å². The van der Waals surface area contributed by atoms with E-state index in [1.807, 2.05) is 32.9 Å². The minimum absolute atomic E-state index is 0.0319. The molecular formula is C17H22ClN3OS. The highest BCUT2D eigenvalue weighted by Crippen LogP contribution is 2.46. The predicted molar refractivity (Wildman–Crippen MR) is 96.7 cm³/mol. The first-order valence-electron chi connectivity index (χ1n) is 7.60. The molecular weight excluding hydrogens is 330 g/mol. The fraction of sp³-hybridized carbons (Fsp3) is 0.529. The summed E-state index contributed by atoms with van der Waals surface area (Å²) in [5.74, 6) is 0.255. The predicted octanol–water partition coefficient (Wildman–Crippen LogP) is 4.88. The molecule has 1 saturated heterocycles. The molecule has 124 valence electrons. The van der Waals surface area contributed by atoms with Crippen LogP contribution in [0.3, 0.4) is 0 Å². The van der Waals surface area contributed by atoms with Crippen LogP contribution in [-0.4, -0.2) is 27.1 Å². The molecule has 0 radical (unpaired) electrons. The number of amides is 2. The van der Waals surface area contributed by atoms with Crippen LogP contribution in [-0.2, 0) is 0 Å². The Kier molecular flexibility index (Phi) is 5.17. The van der Waals surface area contributed by atoms with Gasteiger partial charge in [-0.15, -0.1) is 11.8 Å². The number of nitrogens with zero attached hydrogens (tertiary/aromatic N) is 2. The van der Waals surface area contributed by atoms with E-state index in [0.717, 1.165) is 5.56 Å². The molecule has 2 rings (SSSR count). The number of benzene rings is 1. The molecule has 2 amide bonds. The monoisotopic (exact) mass is 351 g/mol. The minimum Gasteiger partial charge on any atom is -0.308 e.